The second-order valence-electron chi connectivity index (χ2n) is 9.78. The first kappa shape index (κ1) is 27.4. The summed E-state index contributed by atoms with van der Waals surface area (Å²) in [5, 5.41) is 11.9. The lowest BCUT2D eigenvalue weighted by Crippen LogP contribution is -2.29. The highest BCUT2D eigenvalue weighted by Gasteiger charge is 2.48. The molecule has 3 aromatic carbocycles. The highest BCUT2D eigenvalue weighted by atomic mass is 32.1. The molecule has 1 atom stereocenters. The molecule has 1 N–H and O–H groups in total. The van der Waals surface area contributed by atoms with E-state index in [-0.39, 0.29) is 11.3 Å². The molecule has 1 aliphatic heterocycles. The highest BCUT2D eigenvalue weighted by molar-refractivity contribution is 7.22. The molecule has 8 heteroatoms. The number of nitrogens with zero attached hydrogens (tertiary/aromatic N) is 2. The quantitative estimate of drug-likeness (QED) is 0.0962. The van der Waals surface area contributed by atoms with Gasteiger partial charge in [0.1, 0.15) is 17.3 Å². The summed E-state index contributed by atoms with van der Waals surface area (Å²) in [5.74, 6) is -0.447. The van der Waals surface area contributed by atoms with Gasteiger partial charge < -0.3 is 14.6 Å². The summed E-state index contributed by atoms with van der Waals surface area (Å²) in [6.45, 7) is 7.25. The number of fused-ring (bicyclic) bond motifs is 1. The second-order valence-corrected chi connectivity index (χ2v) is 10.8. The van der Waals surface area contributed by atoms with E-state index in [4.69, 9.17) is 14.5 Å². The molecule has 4 aromatic rings. The van der Waals surface area contributed by atoms with Crippen molar-refractivity contribution >= 4 is 44.1 Å². The number of benzene rings is 3. The van der Waals surface area contributed by atoms with E-state index in [1.807, 2.05) is 56.3 Å². The fourth-order valence-electron chi connectivity index (χ4n) is 4.66. The Hall–Kier alpha value is -4.17. The van der Waals surface area contributed by atoms with Gasteiger partial charge in [-0.05, 0) is 79.4 Å². The first-order valence-corrected chi connectivity index (χ1v) is 14.4. The average molecular weight is 557 g/mol. The van der Waals surface area contributed by atoms with Gasteiger partial charge >= 0.3 is 5.91 Å². The average Bonchev–Trinajstić information content (AvgIpc) is 3.49. The molecule has 206 valence electrons. The number of aliphatic hydroxyl groups is 1. The van der Waals surface area contributed by atoms with Crippen molar-refractivity contribution in [3.05, 3.63) is 89.0 Å². The maximum atomic E-state index is 13.6. The van der Waals surface area contributed by atoms with Crippen molar-refractivity contribution in [2.24, 2.45) is 0 Å². The Bertz CT molecular complexity index is 1570. The van der Waals surface area contributed by atoms with Crippen molar-refractivity contribution in [2.45, 2.75) is 46.1 Å². The molecule has 1 fully saturated rings. The zero-order chi connectivity index (χ0) is 28.2. The lowest BCUT2D eigenvalue weighted by Gasteiger charge is -2.23. The number of hydrogen-bond donors (Lipinski definition) is 1. The number of ketones is 1. The predicted octanol–water partition coefficient (Wildman–Crippen LogP) is 7.20. The molecular weight excluding hydrogens is 524 g/mol. The van der Waals surface area contributed by atoms with Crippen LogP contribution in [0.1, 0.15) is 55.8 Å². The summed E-state index contributed by atoms with van der Waals surface area (Å²) < 4.78 is 12.5. The Balaban J connectivity index is 1.63. The first-order chi connectivity index (χ1) is 19.4. The summed E-state index contributed by atoms with van der Waals surface area (Å²) in [7, 11) is 0. The van der Waals surface area contributed by atoms with Crippen LogP contribution in [0.2, 0.25) is 0 Å². The van der Waals surface area contributed by atoms with Crippen LogP contribution in [0, 0.1) is 6.92 Å². The second kappa shape index (κ2) is 11.9. The number of rotatable bonds is 10. The van der Waals surface area contributed by atoms with Crippen molar-refractivity contribution in [3.8, 4) is 11.5 Å². The molecule has 5 rings (SSSR count). The Morgan fingerprint density at radius 1 is 0.950 bits per heavy atom. The summed E-state index contributed by atoms with van der Waals surface area (Å²) >= 11 is 1.34. The molecule has 1 unspecified atom stereocenters. The number of aliphatic hydroxyl groups excluding tert-OH is 1. The van der Waals surface area contributed by atoms with Gasteiger partial charge in [-0.3, -0.25) is 14.5 Å². The van der Waals surface area contributed by atoms with Crippen molar-refractivity contribution in [1.29, 1.82) is 0 Å². The minimum Gasteiger partial charge on any atom is -0.507 e. The molecule has 7 nitrogen and oxygen atoms in total. The standard InChI is InChI=1S/C32H32N2O5S/c1-4-6-17-39-24-9-7-8-22(19-24)28-27(29(35)21-11-13-23(14-12-21)38-16-5-2)30(36)31(37)34(28)32-33-25-15-10-20(3)18-26(25)40-32/h7-15,18-19,28,35H,4-6,16-17H2,1-3H3. The van der Waals surface area contributed by atoms with Crippen molar-refractivity contribution in [1.82, 2.24) is 4.98 Å². The number of Topliss-reactive ketones (excluding diaryl/α,β-unsaturated/α-hetero) is 1. The monoisotopic (exact) mass is 556 g/mol. The summed E-state index contributed by atoms with van der Waals surface area (Å²) in [6, 6.07) is 19.2. The molecular formula is C32H32N2O5S. The molecule has 0 aliphatic carbocycles. The van der Waals surface area contributed by atoms with E-state index in [0.717, 1.165) is 35.0 Å². The van der Waals surface area contributed by atoms with Crippen molar-refractivity contribution in [3.63, 3.8) is 0 Å². The summed E-state index contributed by atoms with van der Waals surface area (Å²) in [6.07, 6.45) is 2.78. The van der Waals surface area contributed by atoms with E-state index in [0.29, 0.717) is 41.0 Å². The largest absolute Gasteiger partial charge is 0.507 e. The number of ether oxygens (including phenoxy) is 2. The number of amides is 1. The Morgan fingerprint density at radius 3 is 2.48 bits per heavy atom. The maximum Gasteiger partial charge on any atom is 0.301 e. The van der Waals surface area contributed by atoms with Gasteiger partial charge in [-0.1, -0.05) is 49.8 Å². The van der Waals surface area contributed by atoms with E-state index in [1.54, 1.807) is 24.3 Å². The number of unbranched alkanes of at least 4 members (excludes halogenated alkanes) is 1. The topological polar surface area (TPSA) is 89.0 Å². The number of thiazole rings is 1. The smallest absolute Gasteiger partial charge is 0.301 e. The van der Waals surface area contributed by atoms with Crippen LogP contribution in [0.5, 0.6) is 11.5 Å². The fourth-order valence-corrected chi connectivity index (χ4v) is 5.75. The van der Waals surface area contributed by atoms with Crippen LogP contribution in [0.25, 0.3) is 16.0 Å². The molecule has 1 aliphatic rings. The lowest BCUT2D eigenvalue weighted by atomic mass is 9.95. The third kappa shape index (κ3) is 5.45. The fraction of sp³-hybridized carbons (Fsp3) is 0.281. The number of anilines is 1. The Morgan fingerprint density at radius 2 is 1.73 bits per heavy atom. The predicted molar refractivity (Wildman–Crippen MR) is 158 cm³/mol. The number of aromatic nitrogens is 1. The number of aryl methyl sites for hydroxylation is 1. The Labute approximate surface area is 237 Å². The zero-order valence-electron chi connectivity index (χ0n) is 22.8. The first-order valence-electron chi connectivity index (χ1n) is 13.6. The van der Waals surface area contributed by atoms with Gasteiger partial charge in [0.05, 0.1) is 35.0 Å². The van der Waals surface area contributed by atoms with Gasteiger partial charge in [0.25, 0.3) is 5.78 Å². The highest BCUT2D eigenvalue weighted by Crippen LogP contribution is 2.45. The minimum absolute atomic E-state index is 0.00775. The third-order valence-corrected chi connectivity index (χ3v) is 7.74. The van der Waals surface area contributed by atoms with Gasteiger partial charge in [0.2, 0.25) is 0 Å². The van der Waals surface area contributed by atoms with Gasteiger partial charge in [-0.25, -0.2) is 4.98 Å². The van der Waals surface area contributed by atoms with Crippen LogP contribution in [0.3, 0.4) is 0 Å². The molecule has 0 bridgehead atoms. The zero-order valence-corrected chi connectivity index (χ0v) is 23.7. The number of carbonyl (C=O) groups is 2. The summed E-state index contributed by atoms with van der Waals surface area (Å²) in [5.41, 5.74) is 2.89. The van der Waals surface area contributed by atoms with Gasteiger partial charge in [-0.2, -0.15) is 0 Å². The molecule has 0 spiro atoms. The van der Waals surface area contributed by atoms with Crippen LogP contribution in [-0.4, -0.2) is 35.0 Å². The van der Waals surface area contributed by atoms with Crippen LogP contribution in [-0.2, 0) is 9.59 Å². The number of hydrogen-bond acceptors (Lipinski definition) is 7. The van der Waals surface area contributed by atoms with Crippen LogP contribution in [0.4, 0.5) is 5.13 Å². The Kier molecular flexibility index (Phi) is 8.16. The van der Waals surface area contributed by atoms with Gasteiger partial charge in [-0.15, -0.1) is 0 Å². The van der Waals surface area contributed by atoms with Gasteiger partial charge in [0, 0.05) is 5.56 Å². The van der Waals surface area contributed by atoms with E-state index in [2.05, 4.69) is 6.92 Å². The lowest BCUT2D eigenvalue weighted by molar-refractivity contribution is -0.132. The van der Waals surface area contributed by atoms with Crippen molar-refractivity contribution < 1.29 is 24.2 Å². The molecule has 1 aromatic heterocycles. The summed E-state index contributed by atoms with van der Waals surface area (Å²) in [4.78, 5) is 33.3. The molecule has 0 saturated carbocycles. The van der Waals surface area contributed by atoms with E-state index in [1.165, 1.54) is 16.2 Å². The SMILES string of the molecule is CCCCOc1cccc(C2C(=C(O)c3ccc(OCCC)cc3)C(=O)C(=O)N2c2nc3ccc(C)cc3s2)c1. The molecule has 40 heavy (non-hydrogen) atoms. The van der Waals surface area contributed by atoms with Gasteiger partial charge in [0.15, 0.2) is 5.13 Å². The van der Waals surface area contributed by atoms with Crippen LogP contribution < -0.4 is 14.4 Å². The minimum atomic E-state index is -0.882. The normalized spacial score (nSPS) is 16.6. The third-order valence-electron chi connectivity index (χ3n) is 6.72. The van der Waals surface area contributed by atoms with Crippen LogP contribution in [0.15, 0.2) is 72.3 Å². The molecule has 0 radical (unpaired) electrons. The molecule has 1 saturated heterocycles. The molecule has 1 amide bonds. The molecule has 2 heterocycles. The number of carbonyl (C=O) groups excluding carboxylic acids is 2. The van der Waals surface area contributed by atoms with E-state index >= 15 is 0 Å². The van der Waals surface area contributed by atoms with E-state index in [9.17, 15) is 14.7 Å². The maximum absolute atomic E-state index is 13.6. The van der Waals surface area contributed by atoms with Crippen molar-refractivity contribution in [2.75, 3.05) is 18.1 Å². The van der Waals surface area contributed by atoms with E-state index < -0.39 is 17.7 Å². The van der Waals surface area contributed by atoms with Crippen LogP contribution >= 0.6 is 11.3 Å².